The molecule has 6 rings (SSSR count). The number of aromatic nitrogens is 3. The van der Waals surface area contributed by atoms with Crippen LogP contribution in [0.3, 0.4) is 0 Å². The summed E-state index contributed by atoms with van der Waals surface area (Å²) in [5, 5.41) is 13.8. The number of benzene rings is 2. The van der Waals surface area contributed by atoms with Gasteiger partial charge >= 0.3 is 30.6 Å². The van der Waals surface area contributed by atoms with Gasteiger partial charge in [-0.1, -0.05) is 16.8 Å². The van der Waals surface area contributed by atoms with E-state index in [0.717, 1.165) is 67.2 Å². The predicted molar refractivity (Wildman–Crippen MR) is 204 cm³/mol. The highest BCUT2D eigenvalue weighted by Gasteiger charge is 2.36. The van der Waals surface area contributed by atoms with E-state index in [1.54, 1.807) is 9.36 Å². The van der Waals surface area contributed by atoms with Crippen molar-refractivity contribution >= 4 is 75.5 Å². The predicted octanol–water partition coefficient (Wildman–Crippen LogP) is 4.80. The summed E-state index contributed by atoms with van der Waals surface area (Å²) in [5.74, 6) is -2.39. The quantitative estimate of drug-likeness (QED) is 0.0490. The van der Waals surface area contributed by atoms with Crippen molar-refractivity contribution < 1.29 is 69.1 Å². The number of ether oxygens (including phenoxy) is 1. The highest BCUT2D eigenvalue weighted by molar-refractivity contribution is 8.00. The number of nitrogens with zero attached hydrogens (tertiary/aromatic N) is 4. The molecule has 1 fully saturated rings. The van der Waals surface area contributed by atoms with Gasteiger partial charge in [0.15, 0.2) is 21.4 Å². The average molecular weight is 932 g/mol. The maximum absolute atomic E-state index is 14.3. The summed E-state index contributed by atoms with van der Waals surface area (Å²) in [7, 11) is -6.84. The fourth-order valence-electron chi connectivity index (χ4n) is 5.14. The normalized spacial score (nSPS) is 14.4. The summed E-state index contributed by atoms with van der Waals surface area (Å²) in [5.41, 5.74) is -1.29. The summed E-state index contributed by atoms with van der Waals surface area (Å²) in [4.78, 5) is 66.6. The zero-order chi connectivity index (χ0) is 43.9. The van der Waals surface area contributed by atoms with Crippen LogP contribution in [0.25, 0.3) is 0 Å². The van der Waals surface area contributed by atoms with Crippen molar-refractivity contribution in [1.82, 2.24) is 19.8 Å². The van der Waals surface area contributed by atoms with Crippen LogP contribution in [0.5, 0.6) is 0 Å². The Bertz CT molecular complexity index is 2500. The van der Waals surface area contributed by atoms with Crippen LogP contribution in [-0.4, -0.2) is 87.5 Å². The number of carboxylic acid groups (broad SMARTS) is 1. The van der Waals surface area contributed by atoms with E-state index in [1.807, 2.05) is 0 Å². The molecule has 4 N–H and O–H groups in total. The van der Waals surface area contributed by atoms with Crippen molar-refractivity contribution in [2.45, 2.75) is 60.7 Å². The fourth-order valence-corrected chi connectivity index (χ4v) is 8.43. The van der Waals surface area contributed by atoms with Crippen LogP contribution in [-0.2, 0) is 48.0 Å². The third-order valence-electron chi connectivity index (χ3n) is 8.02. The second kappa shape index (κ2) is 19.9. The molecule has 0 spiro atoms. The number of nitrogens with one attached hydrogen (secondary N) is 1. The summed E-state index contributed by atoms with van der Waals surface area (Å²) < 4.78 is 99.6. The Morgan fingerprint density at radius 2 is 1.80 bits per heavy atom. The molecule has 3 heterocycles. The molecule has 2 aromatic carbocycles. The van der Waals surface area contributed by atoms with Gasteiger partial charge in [-0.05, 0) is 67.4 Å². The Morgan fingerprint density at radius 3 is 2.37 bits per heavy atom. The van der Waals surface area contributed by atoms with Gasteiger partial charge in [0.25, 0.3) is 0 Å². The van der Waals surface area contributed by atoms with E-state index < -0.39 is 70.4 Å². The second-order valence-electron chi connectivity index (χ2n) is 12.6. The number of rotatable bonds is 12. The third kappa shape index (κ3) is 13.7. The Morgan fingerprint density at radius 1 is 1.14 bits per heavy atom. The molecule has 0 unspecified atom stereocenters. The van der Waals surface area contributed by atoms with Crippen LogP contribution < -0.4 is 15.0 Å². The number of alkyl halides is 3. The van der Waals surface area contributed by atoms with E-state index in [0.29, 0.717) is 40.7 Å². The van der Waals surface area contributed by atoms with Crippen LogP contribution in [0.15, 0.2) is 60.6 Å². The number of methoxy groups -OCH3 is 1. The molecule has 0 bridgehead atoms. The maximum atomic E-state index is 14.3. The van der Waals surface area contributed by atoms with Crippen LogP contribution in [0.1, 0.15) is 58.8 Å². The summed E-state index contributed by atoms with van der Waals surface area (Å²) in [6.45, 7) is 0.885. The number of aliphatic carboxylic acids is 1. The number of carbonyl (C=O) groups excluding carboxylic acids is 2. The molecule has 1 saturated carbocycles. The lowest BCUT2D eigenvalue weighted by molar-refractivity contribution is -0.138. The number of carbonyl (C=O) groups is 3. The molecular weight excluding hydrogens is 897 g/mol. The Hall–Kier alpha value is -4.16. The number of thioether (sulfide) groups is 1. The highest BCUT2D eigenvalue weighted by Crippen LogP contribution is 2.42. The smallest absolute Gasteiger partial charge is 0.416 e. The third-order valence-corrected chi connectivity index (χ3v) is 12.1. The van der Waals surface area contributed by atoms with Crippen molar-refractivity contribution in [2.75, 3.05) is 31.9 Å². The van der Waals surface area contributed by atoms with Crippen LogP contribution in [0, 0.1) is 5.82 Å². The molecule has 2 aliphatic rings. The number of carboxylic acids is 1. The Labute approximate surface area is 345 Å². The van der Waals surface area contributed by atoms with E-state index in [9.17, 15) is 49.7 Å². The number of fused-ring (bicyclic) bond motifs is 1. The van der Waals surface area contributed by atoms with Gasteiger partial charge in [-0.3, -0.25) is 33.7 Å². The first-order chi connectivity index (χ1) is 27.5. The lowest BCUT2D eigenvalue weighted by atomic mass is 10.0. The zero-order valence-corrected chi connectivity index (χ0v) is 34.9. The molecule has 4 aromatic rings. The van der Waals surface area contributed by atoms with Crippen molar-refractivity contribution in [3.8, 4) is 0 Å². The monoisotopic (exact) mass is 931 g/mol. The second-order valence-corrected chi connectivity index (χ2v) is 18.6. The Balaban J connectivity index is 0.000000213. The van der Waals surface area contributed by atoms with Gasteiger partial charge in [0.05, 0.1) is 52.9 Å². The SMILES string of the molecule is COC(=O)CSc1cc(N=c2sc(=O)n3n2CCCC3)c(F)cc1Cl.CS(=O)(=O)c1cc(C(F)(F)F)ccc1C(=O)c1cnoc1C1CC1.O=C(O)CNCP(=O)(O)O. The maximum Gasteiger partial charge on any atom is 0.416 e. The highest BCUT2D eigenvalue weighted by atomic mass is 35.5. The first-order valence-electron chi connectivity index (χ1n) is 16.9. The molecule has 1 aliphatic carbocycles. The first kappa shape index (κ1) is 47.5. The number of hydrogen-bond acceptors (Lipinski definition) is 14. The molecule has 0 saturated heterocycles. The molecule has 59 heavy (non-hydrogen) atoms. The van der Waals surface area contributed by atoms with E-state index in [-0.39, 0.29) is 38.4 Å². The number of hydrogen-bond donors (Lipinski definition) is 4. The summed E-state index contributed by atoms with van der Waals surface area (Å²) >= 11 is 8.17. The lowest BCUT2D eigenvalue weighted by Crippen LogP contribution is -2.31. The van der Waals surface area contributed by atoms with Gasteiger partial charge in [-0.25, -0.2) is 22.5 Å². The number of ketones is 1. The van der Waals surface area contributed by atoms with Crippen LogP contribution in [0.4, 0.5) is 23.2 Å². The van der Waals surface area contributed by atoms with E-state index >= 15 is 0 Å². The zero-order valence-electron chi connectivity index (χ0n) is 30.8. The molecule has 0 radical (unpaired) electrons. The molecule has 0 atom stereocenters. The van der Waals surface area contributed by atoms with E-state index in [1.165, 1.54) is 19.4 Å². The molecule has 1 aliphatic heterocycles. The Kier molecular flexibility index (Phi) is 16.1. The molecule has 0 amide bonds. The number of halogens is 5. The molecule has 17 nitrogen and oxygen atoms in total. The van der Waals surface area contributed by atoms with Gasteiger partial charge in [0.1, 0.15) is 11.5 Å². The summed E-state index contributed by atoms with van der Waals surface area (Å²) in [6.07, 6.45) is 0.153. The van der Waals surface area contributed by atoms with Crippen LogP contribution >= 0.6 is 42.3 Å². The standard InChI is InChI=1S/C15H15ClFN3O3S2.C15H12F3NO4S.C3H8NO5P/c1-23-13(21)8-24-12-7-11(10(17)6-9(12)16)18-14-19-4-2-3-5-20(19)15(22)25-14;1-24(21,22)12-6-9(15(16,17)18)4-5-10(12)13(20)11-7-19-23-14(11)8-2-3-8;5-3(6)1-4-2-10(7,8)9/h6-7H,2-5,8H2,1H3;4-8H,2-3H2,1H3;4H,1-2H2,(H,5,6)(H2,7,8,9). The fraction of sp³-hybridized carbons (Fsp3) is 0.394. The molecular formula is C33H35ClF4N5O12PS3. The van der Waals surface area contributed by atoms with Crippen molar-refractivity contribution in [1.29, 1.82) is 0 Å². The minimum absolute atomic E-state index is 0.0441. The molecule has 26 heteroatoms. The largest absolute Gasteiger partial charge is 0.480 e. The van der Waals surface area contributed by atoms with E-state index in [4.69, 9.17) is 31.0 Å². The van der Waals surface area contributed by atoms with Gasteiger partial charge in [0, 0.05) is 35.7 Å². The topological polar surface area (TPSA) is 250 Å². The average Bonchev–Trinajstić information content (AvgIpc) is 3.79. The molecule has 2 aromatic heterocycles. The van der Waals surface area contributed by atoms with Crippen molar-refractivity contribution in [3.63, 3.8) is 0 Å². The van der Waals surface area contributed by atoms with Gasteiger partial charge < -0.3 is 24.2 Å². The van der Waals surface area contributed by atoms with Crippen LogP contribution in [0.2, 0.25) is 5.02 Å². The van der Waals surface area contributed by atoms with E-state index in [2.05, 4.69) is 20.2 Å². The lowest BCUT2D eigenvalue weighted by Gasteiger charge is -2.15. The van der Waals surface area contributed by atoms with Crippen molar-refractivity contribution in [3.05, 3.63) is 84.3 Å². The van der Waals surface area contributed by atoms with Crippen molar-refractivity contribution in [2.24, 2.45) is 4.99 Å². The first-order valence-corrected chi connectivity index (χ1v) is 22.8. The summed E-state index contributed by atoms with van der Waals surface area (Å²) in [6, 6.07) is 4.69. The minimum atomic E-state index is -4.71. The van der Waals surface area contributed by atoms with Gasteiger partial charge in [0.2, 0.25) is 4.80 Å². The molecule has 322 valence electrons. The number of esters is 1. The minimum Gasteiger partial charge on any atom is -0.480 e. The van der Waals surface area contributed by atoms with Gasteiger partial charge in [-0.2, -0.15) is 13.2 Å². The van der Waals surface area contributed by atoms with Gasteiger partial charge in [-0.15, -0.1) is 11.8 Å². The number of sulfone groups is 1.